The number of amides is 2. The smallest absolute Gasteiger partial charge is 0.277 e. The van der Waals surface area contributed by atoms with Crippen LogP contribution < -0.4 is 10.6 Å². The van der Waals surface area contributed by atoms with Gasteiger partial charge in [-0.15, -0.1) is 0 Å². The summed E-state index contributed by atoms with van der Waals surface area (Å²) in [5.74, 6) is -0.314. The number of hydrogen-bond acceptors (Lipinski definition) is 2. The van der Waals surface area contributed by atoms with Crippen LogP contribution in [-0.2, 0) is 9.59 Å². The fourth-order valence-electron chi connectivity index (χ4n) is 2.50. The number of quaternary nitrogens is 1. The lowest BCUT2D eigenvalue weighted by atomic mass is 10.1. The van der Waals surface area contributed by atoms with Gasteiger partial charge in [-0.25, -0.2) is 0 Å². The Labute approximate surface area is 159 Å². The van der Waals surface area contributed by atoms with Crippen LogP contribution in [0.4, 0.5) is 5.69 Å². The van der Waals surface area contributed by atoms with E-state index in [1.165, 1.54) is 4.90 Å². The Morgan fingerprint density at radius 3 is 2.54 bits per heavy atom. The molecule has 6 heteroatoms. The number of carbonyl (C=O) groups excluding carboxylic acids is 2. The highest BCUT2D eigenvalue weighted by atomic mass is 35.5. The van der Waals surface area contributed by atoms with Crippen molar-refractivity contribution in [2.24, 2.45) is 0 Å². The van der Waals surface area contributed by atoms with E-state index in [2.05, 4.69) is 5.32 Å². The molecular formula is C20H25ClN3O2+. The Balaban J connectivity index is 1.79. The molecule has 138 valence electrons. The molecule has 2 rings (SSSR count). The van der Waals surface area contributed by atoms with Crippen molar-refractivity contribution in [3.63, 3.8) is 0 Å². The van der Waals surface area contributed by atoms with Crippen LogP contribution in [0.3, 0.4) is 0 Å². The van der Waals surface area contributed by atoms with Crippen molar-refractivity contribution in [3.8, 4) is 0 Å². The predicted octanol–water partition coefficient (Wildman–Crippen LogP) is 2.37. The average Bonchev–Trinajstić information content (AvgIpc) is 2.61. The van der Waals surface area contributed by atoms with Gasteiger partial charge in [-0.3, -0.25) is 9.59 Å². The van der Waals surface area contributed by atoms with Crippen LogP contribution in [0, 0.1) is 6.92 Å². The minimum absolute atomic E-state index is 0.0199. The lowest BCUT2D eigenvalue weighted by Crippen LogP contribution is -2.87. The van der Waals surface area contributed by atoms with Crippen molar-refractivity contribution in [1.29, 1.82) is 0 Å². The lowest BCUT2D eigenvalue weighted by Gasteiger charge is -2.18. The zero-order valence-electron chi connectivity index (χ0n) is 15.3. The molecule has 1 atom stereocenters. The maximum atomic E-state index is 12.3. The van der Waals surface area contributed by atoms with Gasteiger partial charge in [0, 0.05) is 23.3 Å². The maximum absolute atomic E-state index is 12.3. The van der Waals surface area contributed by atoms with E-state index < -0.39 is 0 Å². The molecule has 5 nitrogen and oxygen atoms in total. The van der Waals surface area contributed by atoms with Gasteiger partial charge < -0.3 is 15.5 Å². The average molecular weight is 375 g/mol. The van der Waals surface area contributed by atoms with Crippen LogP contribution in [0.25, 0.3) is 0 Å². The summed E-state index contributed by atoms with van der Waals surface area (Å²) < 4.78 is 0. The van der Waals surface area contributed by atoms with Crippen LogP contribution in [0.5, 0.6) is 0 Å². The molecule has 3 N–H and O–H groups in total. The summed E-state index contributed by atoms with van der Waals surface area (Å²) in [6.45, 7) is 4.29. The first-order chi connectivity index (χ1) is 12.3. The van der Waals surface area contributed by atoms with Gasteiger partial charge >= 0.3 is 0 Å². The van der Waals surface area contributed by atoms with Gasteiger partial charge in [0.15, 0.2) is 6.54 Å². The Morgan fingerprint density at radius 1 is 1.19 bits per heavy atom. The normalized spacial score (nSPS) is 11.7. The summed E-state index contributed by atoms with van der Waals surface area (Å²) >= 11 is 6.00. The number of carbonyl (C=O) groups is 2. The second kappa shape index (κ2) is 9.36. The van der Waals surface area contributed by atoms with Crippen molar-refractivity contribution < 1.29 is 14.9 Å². The van der Waals surface area contributed by atoms with E-state index >= 15 is 0 Å². The minimum Gasteiger partial charge on any atom is -0.333 e. The predicted molar refractivity (Wildman–Crippen MR) is 104 cm³/mol. The molecule has 0 spiro atoms. The summed E-state index contributed by atoms with van der Waals surface area (Å²) in [6, 6.07) is 15.2. The summed E-state index contributed by atoms with van der Waals surface area (Å²) in [4.78, 5) is 25.8. The van der Waals surface area contributed by atoms with Crippen LogP contribution in [0.15, 0.2) is 48.5 Å². The van der Waals surface area contributed by atoms with E-state index in [1.54, 1.807) is 7.05 Å². The summed E-state index contributed by atoms with van der Waals surface area (Å²) in [7, 11) is 1.63. The number of rotatable bonds is 7. The first-order valence-corrected chi connectivity index (χ1v) is 8.92. The Kier molecular flexibility index (Phi) is 7.18. The number of nitrogens with zero attached hydrogens (tertiary/aromatic N) is 1. The highest BCUT2D eigenvalue weighted by Gasteiger charge is 2.17. The number of hydrogen-bond donors (Lipinski definition) is 2. The topological polar surface area (TPSA) is 66.0 Å². The summed E-state index contributed by atoms with van der Waals surface area (Å²) in [6.07, 6.45) is 0. The molecule has 2 aromatic carbocycles. The molecule has 0 aliphatic carbocycles. The van der Waals surface area contributed by atoms with Gasteiger partial charge in [0.05, 0.1) is 6.54 Å². The van der Waals surface area contributed by atoms with Gasteiger partial charge in [-0.1, -0.05) is 41.4 Å². The number of benzene rings is 2. The molecule has 0 unspecified atom stereocenters. The molecule has 2 aromatic rings. The van der Waals surface area contributed by atoms with E-state index in [0.29, 0.717) is 5.02 Å². The fraction of sp³-hybridized carbons (Fsp3) is 0.300. The third-order valence-corrected chi connectivity index (χ3v) is 4.40. The maximum Gasteiger partial charge on any atom is 0.277 e. The highest BCUT2D eigenvalue weighted by molar-refractivity contribution is 6.30. The molecule has 0 aromatic heterocycles. The molecule has 26 heavy (non-hydrogen) atoms. The van der Waals surface area contributed by atoms with E-state index in [-0.39, 0.29) is 30.9 Å². The second-order valence-electron chi connectivity index (χ2n) is 6.45. The highest BCUT2D eigenvalue weighted by Crippen LogP contribution is 2.14. The number of aryl methyl sites for hydroxylation is 1. The first-order valence-electron chi connectivity index (χ1n) is 8.54. The molecule has 0 fully saturated rings. The molecule has 0 saturated carbocycles. The van der Waals surface area contributed by atoms with E-state index in [0.717, 1.165) is 16.8 Å². The standard InChI is InChI=1S/C20H24ClN3O2/c1-14-7-9-18(10-8-14)23-19(25)13-24(3)20(26)12-22-15(2)16-5-4-6-17(21)11-16/h4-11,15,22H,12-13H2,1-3H3,(H,23,25)/p+1/t15-/m0/s1. The van der Waals surface area contributed by atoms with Crippen molar-refractivity contribution in [2.45, 2.75) is 19.9 Å². The fourth-order valence-corrected chi connectivity index (χ4v) is 2.70. The van der Waals surface area contributed by atoms with Gasteiger partial charge in [0.2, 0.25) is 5.91 Å². The van der Waals surface area contributed by atoms with Crippen LogP contribution in [0.2, 0.25) is 5.02 Å². The number of halogens is 1. The van der Waals surface area contributed by atoms with Crippen molar-refractivity contribution in [1.82, 2.24) is 4.90 Å². The Bertz CT molecular complexity index is 762. The van der Waals surface area contributed by atoms with Gasteiger partial charge in [-0.2, -0.15) is 0 Å². The van der Waals surface area contributed by atoms with E-state index in [1.807, 2.05) is 67.7 Å². The third-order valence-electron chi connectivity index (χ3n) is 4.16. The number of likely N-dealkylation sites (N-methyl/N-ethyl adjacent to an activating group) is 1. The number of nitrogens with two attached hydrogens (primary N) is 1. The summed E-state index contributed by atoms with van der Waals surface area (Å²) in [5.41, 5.74) is 2.91. The van der Waals surface area contributed by atoms with E-state index in [9.17, 15) is 9.59 Å². The van der Waals surface area contributed by atoms with E-state index in [4.69, 9.17) is 11.6 Å². The van der Waals surface area contributed by atoms with Gasteiger partial charge in [0.1, 0.15) is 6.04 Å². The third kappa shape index (κ3) is 6.17. The number of nitrogens with one attached hydrogen (secondary N) is 1. The lowest BCUT2D eigenvalue weighted by molar-refractivity contribution is -0.683. The van der Waals surface area contributed by atoms with Crippen molar-refractivity contribution in [3.05, 3.63) is 64.7 Å². The molecule has 0 aliphatic heterocycles. The Hall–Kier alpha value is -2.37. The monoisotopic (exact) mass is 374 g/mol. The van der Waals surface area contributed by atoms with Crippen LogP contribution in [0.1, 0.15) is 24.1 Å². The van der Waals surface area contributed by atoms with Crippen LogP contribution >= 0.6 is 11.6 Å². The summed E-state index contributed by atoms with van der Waals surface area (Å²) in [5, 5.41) is 5.41. The molecule has 0 heterocycles. The zero-order valence-corrected chi connectivity index (χ0v) is 16.1. The van der Waals surface area contributed by atoms with Gasteiger partial charge in [-0.05, 0) is 38.1 Å². The minimum atomic E-state index is -0.215. The van der Waals surface area contributed by atoms with Crippen LogP contribution in [-0.4, -0.2) is 36.9 Å². The molecule has 0 saturated heterocycles. The zero-order chi connectivity index (χ0) is 19.1. The molecule has 0 bridgehead atoms. The Morgan fingerprint density at radius 2 is 1.88 bits per heavy atom. The van der Waals surface area contributed by atoms with Crippen molar-refractivity contribution in [2.75, 3.05) is 25.5 Å². The molecule has 0 aliphatic rings. The molecule has 0 radical (unpaired) electrons. The quantitative estimate of drug-likeness (QED) is 0.781. The molecular weight excluding hydrogens is 350 g/mol. The number of anilines is 1. The first kappa shape index (κ1) is 19.9. The second-order valence-corrected chi connectivity index (χ2v) is 6.88. The molecule has 2 amide bonds. The largest absolute Gasteiger partial charge is 0.333 e. The van der Waals surface area contributed by atoms with Gasteiger partial charge in [0.25, 0.3) is 5.91 Å². The van der Waals surface area contributed by atoms with Crippen molar-refractivity contribution >= 4 is 29.1 Å². The SMILES string of the molecule is Cc1ccc(NC(=O)CN(C)C(=O)C[NH2+][C@@H](C)c2cccc(Cl)c2)cc1.